The second-order valence-electron chi connectivity index (χ2n) is 1.44. The van der Waals surface area contributed by atoms with Crippen molar-refractivity contribution >= 4 is 21.7 Å². The second-order valence-corrected chi connectivity index (χ2v) is 3.26. The summed E-state index contributed by atoms with van der Waals surface area (Å²) in [5.41, 5.74) is 1.21. The van der Waals surface area contributed by atoms with Crippen LogP contribution in [0.4, 0.5) is 0 Å². The van der Waals surface area contributed by atoms with Crippen molar-refractivity contribution < 1.29 is 13.0 Å². The van der Waals surface area contributed by atoms with Gasteiger partial charge in [-0.2, -0.15) is 8.42 Å². The first-order valence-corrected chi connectivity index (χ1v) is 4.31. The molecule has 0 amide bonds. The summed E-state index contributed by atoms with van der Waals surface area (Å²) in [6, 6.07) is 0. The van der Waals surface area contributed by atoms with Gasteiger partial charge in [0.2, 0.25) is 0 Å². The first-order valence-electron chi connectivity index (χ1n) is 2.26. The van der Waals surface area contributed by atoms with Gasteiger partial charge in [-0.1, -0.05) is 17.7 Å². The standard InChI is InChI=1S/C4H7ClO3S/c5-3-1-2-4-9(6,7)8/h1,3H,2,4H2,(H,6,7,8). The van der Waals surface area contributed by atoms with E-state index in [4.69, 9.17) is 16.2 Å². The Balaban J connectivity index is 3.53. The van der Waals surface area contributed by atoms with Crippen molar-refractivity contribution in [2.45, 2.75) is 6.42 Å². The van der Waals surface area contributed by atoms with Gasteiger partial charge in [0.05, 0.1) is 5.75 Å². The fourth-order valence-corrected chi connectivity index (χ4v) is 0.840. The van der Waals surface area contributed by atoms with Gasteiger partial charge in [-0.3, -0.25) is 4.55 Å². The van der Waals surface area contributed by atoms with Crippen LogP contribution in [0.1, 0.15) is 6.42 Å². The van der Waals surface area contributed by atoms with Crippen LogP contribution in [0.5, 0.6) is 0 Å². The van der Waals surface area contributed by atoms with Crippen LogP contribution in [0.15, 0.2) is 11.6 Å². The van der Waals surface area contributed by atoms with E-state index in [2.05, 4.69) is 0 Å². The minimum absolute atomic E-state index is 0.252. The van der Waals surface area contributed by atoms with Gasteiger partial charge >= 0.3 is 0 Å². The van der Waals surface area contributed by atoms with Gasteiger partial charge in [0, 0.05) is 5.54 Å². The molecular weight excluding hydrogens is 164 g/mol. The van der Waals surface area contributed by atoms with Crippen LogP contribution in [-0.2, 0) is 10.1 Å². The Kier molecular flexibility index (Phi) is 3.84. The Morgan fingerprint density at radius 2 is 2.11 bits per heavy atom. The zero-order valence-electron chi connectivity index (χ0n) is 4.62. The number of allylic oxidation sites excluding steroid dienone is 1. The van der Waals surface area contributed by atoms with Crippen molar-refractivity contribution in [2.75, 3.05) is 5.75 Å². The highest BCUT2D eigenvalue weighted by molar-refractivity contribution is 7.85. The summed E-state index contributed by atoms with van der Waals surface area (Å²) in [5.74, 6) is -0.268. The first-order chi connectivity index (χ1) is 4.06. The van der Waals surface area contributed by atoms with Gasteiger partial charge in [-0.15, -0.1) is 0 Å². The maximum atomic E-state index is 9.98. The minimum atomic E-state index is -3.81. The summed E-state index contributed by atoms with van der Waals surface area (Å²) < 4.78 is 28.1. The Morgan fingerprint density at radius 1 is 1.56 bits per heavy atom. The third-order valence-electron chi connectivity index (χ3n) is 0.632. The van der Waals surface area contributed by atoms with Crippen molar-refractivity contribution in [1.29, 1.82) is 0 Å². The SMILES string of the molecule is O=S(=O)(O)CCC=CCl. The summed E-state index contributed by atoms with van der Waals surface area (Å²) in [5, 5.41) is 0. The van der Waals surface area contributed by atoms with E-state index in [0.717, 1.165) is 0 Å². The lowest BCUT2D eigenvalue weighted by atomic mass is 10.5. The lowest BCUT2D eigenvalue weighted by Crippen LogP contribution is -2.01. The summed E-state index contributed by atoms with van der Waals surface area (Å²) >= 11 is 5.07. The third-order valence-corrected chi connectivity index (χ3v) is 1.56. The predicted molar refractivity (Wildman–Crippen MR) is 36.0 cm³/mol. The lowest BCUT2D eigenvalue weighted by molar-refractivity contribution is 0.483. The topological polar surface area (TPSA) is 54.4 Å². The monoisotopic (exact) mass is 170 g/mol. The van der Waals surface area contributed by atoms with E-state index in [1.165, 1.54) is 11.6 Å². The highest BCUT2D eigenvalue weighted by atomic mass is 35.5. The van der Waals surface area contributed by atoms with E-state index in [0.29, 0.717) is 0 Å². The van der Waals surface area contributed by atoms with Crippen LogP contribution in [0, 0.1) is 0 Å². The zero-order chi connectivity index (χ0) is 7.33. The van der Waals surface area contributed by atoms with E-state index < -0.39 is 10.1 Å². The van der Waals surface area contributed by atoms with Crippen LogP contribution in [0.25, 0.3) is 0 Å². The van der Waals surface area contributed by atoms with Crippen LogP contribution >= 0.6 is 11.6 Å². The fourth-order valence-electron chi connectivity index (χ4n) is 0.280. The molecule has 0 bridgehead atoms. The van der Waals surface area contributed by atoms with E-state index in [1.807, 2.05) is 0 Å². The van der Waals surface area contributed by atoms with Crippen molar-refractivity contribution in [3.63, 3.8) is 0 Å². The molecule has 3 nitrogen and oxygen atoms in total. The second kappa shape index (κ2) is 3.87. The Labute approximate surface area is 59.1 Å². The quantitative estimate of drug-likeness (QED) is 0.644. The number of hydrogen-bond acceptors (Lipinski definition) is 2. The smallest absolute Gasteiger partial charge is 0.265 e. The largest absolute Gasteiger partial charge is 0.286 e. The number of hydrogen-bond donors (Lipinski definition) is 1. The highest BCUT2D eigenvalue weighted by Crippen LogP contribution is 1.90. The van der Waals surface area contributed by atoms with Crippen molar-refractivity contribution in [1.82, 2.24) is 0 Å². The van der Waals surface area contributed by atoms with Gasteiger partial charge in [0.15, 0.2) is 0 Å². The Morgan fingerprint density at radius 3 is 2.44 bits per heavy atom. The normalized spacial score (nSPS) is 12.7. The van der Waals surface area contributed by atoms with Gasteiger partial charge in [0.25, 0.3) is 10.1 Å². The fraction of sp³-hybridized carbons (Fsp3) is 0.500. The van der Waals surface area contributed by atoms with Crippen molar-refractivity contribution in [2.24, 2.45) is 0 Å². The molecule has 0 aromatic rings. The summed E-state index contributed by atoms with van der Waals surface area (Å²) in [4.78, 5) is 0. The molecule has 0 radical (unpaired) electrons. The van der Waals surface area contributed by atoms with E-state index >= 15 is 0 Å². The molecule has 5 heteroatoms. The first kappa shape index (κ1) is 8.94. The van der Waals surface area contributed by atoms with Gasteiger partial charge < -0.3 is 0 Å². The average molecular weight is 171 g/mol. The Hall–Kier alpha value is -0.0600. The maximum absolute atomic E-state index is 9.98. The number of halogens is 1. The van der Waals surface area contributed by atoms with Crippen molar-refractivity contribution in [3.05, 3.63) is 11.6 Å². The zero-order valence-corrected chi connectivity index (χ0v) is 6.19. The Bertz CT molecular complexity index is 182. The van der Waals surface area contributed by atoms with E-state index in [1.54, 1.807) is 0 Å². The van der Waals surface area contributed by atoms with Gasteiger partial charge in [-0.25, -0.2) is 0 Å². The molecule has 0 aromatic carbocycles. The molecule has 0 unspecified atom stereocenters. The molecule has 0 aliphatic heterocycles. The number of rotatable bonds is 3. The lowest BCUT2D eigenvalue weighted by Gasteiger charge is -1.88. The molecule has 0 spiro atoms. The summed E-state index contributed by atoms with van der Waals surface area (Å²) in [6.07, 6.45) is 1.71. The summed E-state index contributed by atoms with van der Waals surface area (Å²) in [6.45, 7) is 0. The predicted octanol–water partition coefficient (Wildman–Crippen LogP) is 1.02. The molecule has 0 heterocycles. The molecule has 0 aromatic heterocycles. The molecule has 0 aliphatic carbocycles. The van der Waals surface area contributed by atoms with Gasteiger partial charge in [-0.05, 0) is 6.42 Å². The van der Waals surface area contributed by atoms with Crippen LogP contribution in [0.2, 0.25) is 0 Å². The molecule has 54 valence electrons. The third kappa shape index (κ3) is 7.94. The average Bonchev–Trinajstić information content (AvgIpc) is 1.63. The van der Waals surface area contributed by atoms with E-state index in [9.17, 15) is 8.42 Å². The molecular formula is C4H7ClO3S. The molecule has 0 saturated heterocycles. The maximum Gasteiger partial charge on any atom is 0.265 e. The molecule has 1 N–H and O–H groups in total. The van der Waals surface area contributed by atoms with Crippen molar-refractivity contribution in [3.8, 4) is 0 Å². The van der Waals surface area contributed by atoms with Crippen LogP contribution in [0.3, 0.4) is 0 Å². The molecule has 9 heavy (non-hydrogen) atoms. The van der Waals surface area contributed by atoms with E-state index in [-0.39, 0.29) is 12.2 Å². The molecule has 0 atom stereocenters. The minimum Gasteiger partial charge on any atom is -0.286 e. The molecule has 0 saturated carbocycles. The van der Waals surface area contributed by atoms with Gasteiger partial charge in [0.1, 0.15) is 0 Å². The van der Waals surface area contributed by atoms with Crippen LogP contribution < -0.4 is 0 Å². The highest BCUT2D eigenvalue weighted by Gasteiger charge is 1.99. The van der Waals surface area contributed by atoms with Crippen LogP contribution in [-0.4, -0.2) is 18.7 Å². The molecule has 0 fully saturated rings. The molecule has 0 aliphatic rings. The summed E-state index contributed by atoms with van der Waals surface area (Å²) in [7, 11) is -3.81. The molecule has 0 rings (SSSR count).